The molecule has 0 bridgehead atoms. The van der Waals surface area contributed by atoms with Gasteiger partial charge in [-0.15, -0.1) is 0 Å². The normalized spacial score (nSPS) is 10.7. The van der Waals surface area contributed by atoms with Crippen molar-refractivity contribution < 1.29 is 18.8 Å². The minimum absolute atomic E-state index is 0.00586. The van der Waals surface area contributed by atoms with Crippen molar-refractivity contribution in [3.8, 4) is 0 Å². The van der Waals surface area contributed by atoms with Crippen molar-refractivity contribution in [2.45, 2.75) is 33.1 Å². The molecular weight excluding hydrogens is 286 g/mol. The number of methoxy groups -OCH3 is 1. The summed E-state index contributed by atoms with van der Waals surface area (Å²) in [6, 6.07) is 1.55. The van der Waals surface area contributed by atoms with E-state index in [1.165, 1.54) is 6.26 Å². The topological polar surface area (TPSA) is 84.7 Å². The van der Waals surface area contributed by atoms with Crippen molar-refractivity contribution in [1.29, 1.82) is 0 Å². The van der Waals surface area contributed by atoms with Crippen LogP contribution in [-0.2, 0) is 14.3 Å². The van der Waals surface area contributed by atoms with Crippen molar-refractivity contribution in [1.82, 2.24) is 10.1 Å². The van der Waals surface area contributed by atoms with Crippen molar-refractivity contribution >= 4 is 17.6 Å². The van der Waals surface area contributed by atoms with Crippen LogP contribution in [0.15, 0.2) is 16.9 Å². The Labute approximate surface area is 131 Å². The van der Waals surface area contributed by atoms with E-state index in [0.717, 1.165) is 12.8 Å². The summed E-state index contributed by atoms with van der Waals surface area (Å²) in [6.07, 6.45) is 3.60. The predicted octanol–water partition coefficient (Wildman–Crippen LogP) is 1.91. The molecule has 0 aliphatic carbocycles. The number of anilines is 1. The van der Waals surface area contributed by atoms with Gasteiger partial charge in [0.2, 0.25) is 11.8 Å². The zero-order chi connectivity index (χ0) is 16.4. The zero-order valence-corrected chi connectivity index (χ0v) is 13.5. The molecule has 7 heteroatoms. The van der Waals surface area contributed by atoms with Gasteiger partial charge in [-0.25, -0.2) is 0 Å². The van der Waals surface area contributed by atoms with Crippen LogP contribution < -0.4 is 5.32 Å². The van der Waals surface area contributed by atoms with E-state index in [2.05, 4.69) is 15.0 Å². The van der Waals surface area contributed by atoms with Gasteiger partial charge < -0.3 is 19.5 Å². The Hall–Kier alpha value is -1.89. The van der Waals surface area contributed by atoms with E-state index in [9.17, 15) is 9.59 Å². The molecule has 7 nitrogen and oxygen atoms in total. The average molecular weight is 311 g/mol. The average Bonchev–Trinajstić information content (AvgIpc) is 3.00. The van der Waals surface area contributed by atoms with Crippen LogP contribution in [0.1, 0.15) is 33.1 Å². The maximum atomic E-state index is 12.5. The molecule has 124 valence electrons. The molecule has 0 unspecified atom stereocenters. The fourth-order valence-corrected chi connectivity index (χ4v) is 2.20. The van der Waals surface area contributed by atoms with Crippen LogP contribution in [0.3, 0.4) is 0 Å². The van der Waals surface area contributed by atoms with Gasteiger partial charge in [0.25, 0.3) is 0 Å². The van der Waals surface area contributed by atoms with Crippen LogP contribution in [0.25, 0.3) is 0 Å². The van der Waals surface area contributed by atoms with E-state index in [0.29, 0.717) is 25.4 Å². The molecule has 0 aliphatic rings. The second-order valence-electron chi connectivity index (χ2n) is 5.05. The summed E-state index contributed by atoms with van der Waals surface area (Å²) in [6.45, 7) is 5.02. The van der Waals surface area contributed by atoms with Crippen LogP contribution in [0, 0.1) is 5.92 Å². The maximum absolute atomic E-state index is 12.5. The van der Waals surface area contributed by atoms with Crippen molar-refractivity contribution in [3.63, 3.8) is 0 Å². The predicted molar refractivity (Wildman–Crippen MR) is 82.3 cm³/mol. The Morgan fingerprint density at radius 3 is 2.68 bits per heavy atom. The first kappa shape index (κ1) is 18.2. The van der Waals surface area contributed by atoms with Gasteiger partial charge in [-0.2, -0.15) is 0 Å². The Bertz CT molecular complexity index is 444. The number of carbonyl (C=O) groups is 2. The highest BCUT2D eigenvalue weighted by Crippen LogP contribution is 2.13. The summed E-state index contributed by atoms with van der Waals surface area (Å²) in [5, 5.41) is 6.22. The Kier molecular flexibility index (Phi) is 8.21. The fourth-order valence-electron chi connectivity index (χ4n) is 2.20. The van der Waals surface area contributed by atoms with Gasteiger partial charge in [-0.1, -0.05) is 19.0 Å². The second kappa shape index (κ2) is 9.94. The number of carbonyl (C=O) groups excluding carboxylic acids is 2. The molecule has 1 heterocycles. The lowest BCUT2D eigenvalue weighted by Gasteiger charge is -2.25. The lowest BCUT2D eigenvalue weighted by Crippen LogP contribution is -2.42. The smallest absolute Gasteiger partial charge is 0.245 e. The molecular formula is C15H25N3O4. The molecule has 0 aromatic carbocycles. The molecule has 0 fully saturated rings. The third-order valence-corrected chi connectivity index (χ3v) is 3.46. The van der Waals surface area contributed by atoms with E-state index in [1.54, 1.807) is 18.1 Å². The van der Waals surface area contributed by atoms with Crippen LogP contribution in [-0.4, -0.2) is 48.7 Å². The molecule has 0 radical (unpaired) electrons. The first-order valence-corrected chi connectivity index (χ1v) is 7.60. The highest BCUT2D eigenvalue weighted by atomic mass is 16.5. The standard InChI is InChI=1S/C15H25N3O4/c1-4-12(5-2)15(20)18(8-6-9-21-3)11-14(19)16-13-7-10-22-17-13/h7,10,12H,4-6,8-9,11H2,1-3H3,(H,16,17,19). The largest absolute Gasteiger partial charge is 0.385 e. The molecule has 0 atom stereocenters. The Morgan fingerprint density at radius 1 is 1.41 bits per heavy atom. The molecule has 1 rings (SSSR count). The number of ether oxygens (including phenoxy) is 1. The summed E-state index contributed by atoms with van der Waals surface area (Å²) >= 11 is 0. The number of nitrogens with one attached hydrogen (secondary N) is 1. The van der Waals surface area contributed by atoms with Gasteiger partial charge in [-0.05, 0) is 19.3 Å². The number of rotatable bonds is 10. The molecule has 0 aliphatic heterocycles. The number of aromatic nitrogens is 1. The minimum Gasteiger partial charge on any atom is -0.385 e. The molecule has 1 aromatic heterocycles. The molecule has 22 heavy (non-hydrogen) atoms. The minimum atomic E-state index is -0.286. The van der Waals surface area contributed by atoms with Gasteiger partial charge in [-0.3, -0.25) is 9.59 Å². The van der Waals surface area contributed by atoms with E-state index < -0.39 is 0 Å². The summed E-state index contributed by atoms with van der Waals surface area (Å²) < 4.78 is 9.67. The first-order valence-electron chi connectivity index (χ1n) is 7.60. The molecule has 0 saturated carbocycles. The van der Waals surface area contributed by atoms with Crippen LogP contribution in [0.5, 0.6) is 0 Å². The van der Waals surface area contributed by atoms with Gasteiger partial charge in [0.1, 0.15) is 6.26 Å². The Balaban J connectivity index is 2.63. The van der Waals surface area contributed by atoms with E-state index in [1.807, 2.05) is 13.8 Å². The highest BCUT2D eigenvalue weighted by molar-refractivity contribution is 5.94. The second-order valence-corrected chi connectivity index (χ2v) is 5.05. The van der Waals surface area contributed by atoms with Crippen molar-refractivity contribution in [3.05, 3.63) is 12.3 Å². The molecule has 0 spiro atoms. The van der Waals surface area contributed by atoms with Gasteiger partial charge >= 0.3 is 0 Å². The van der Waals surface area contributed by atoms with Crippen LogP contribution in [0.4, 0.5) is 5.82 Å². The van der Waals surface area contributed by atoms with E-state index in [-0.39, 0.29) is 24.3 Å². The van der Waals surface area contributed by atoms with Gasteiger partial charge in [0, 0.05) is 32.2 Å². The highest BCUT2D eigenvalue weighted by Gasteiger charge is 2.23. The zero-order valence-electron chi connectivity index (χ0n) is 13.5. The summed E-state index contributed by atoms with van der Waals surface area (Å²) in [7, 11) is 1.62. The number of hydrogen-bond acceptors (Lipinski definition) is 5. The number of hydrogen-bond donors (Lipinski definition) is 1. The fraction of sp³-hybridized carbons (Fsp3) is 0.667. The summed E-state index contributed by atoms with van der Waals surface area (Å²) in [5.74, 6) is 0.0150. The first-order chi connectivity index (χ1) is 10.6. The van der Waals surface area contributed by atoms with E-state index in [4.69, 9.17) is 4.74 Å². The lowest BCUT2D eigenvalue weighted by atomic mass is 10.0. The number of nitrogens with zero attached hydrogens (tertiary/aromatic N) is 2. The van der Waals surface area contributed by atoms with Gasteiger partial charge in [0.15, 0.2) is 5.82 Å². The molecule has 2 amide bonds. The number of amides is 2. The third-order valence-electron chi connectivity index (χ3n) is 3.46. The SMILES string of the molecule is CCC(CC)C(=O)N(CCCOC)CC(=O)Nc1ccon1. The monoisotopic (exact) mass is 311 g/mol. The third kappa shape index (κ3) is 5.85. The summed E-state index contributed by atoms with van der Waals surface area (Å²) in [4.78, 5) is 26.1. The van der Waals surface area contributed by atoms with Crippen molar-refractivity contribution in [2.24, 2.45) is 5.92 Å². The van der Waals surface area contributed by atoms with Gasteiger partial charge in [0.05, 0.1) is 6.54 Å². The molecule has 0 saturated heterocycles. The van der Waals surface area contributed by atoms with Crippen molar-refractivity contribution in [2.75, 3.05) is 32.1 Å². The van der Waals surface area contributed by atoms with E-state index >= 15 is 0 Å². The Morgan fingerprint density at radius 2 is 2.14 bits per heavy atom. The quantitative estimate of drug-likeness (QED) is 0.667. The molecule has 1 N–H and O–H groups in total. The lowest BCUT2D eigenvalue weighted by molar-refractivity contribution is -0.138. The maximum Gasteiger partial charge on any atom is 0.245 e. The van der Waals surface area contributed by atoms with Crippen LogP contribution >= 0.6 is 0 Å². The summed E-state index contributed by atoms with van der Waals surface area (Å²) in [5.41, 5.74) is 0. The molecule has 1 aromatic rings. The van der Waals surface area contributed by atoms with Crippen LogP contribution in [0.2, 0.25) is 0 Å².